The molecule has 228 valence electrons. The summed E-state index contributed by atoms with van der Waals surface area (Å²) in [5.74, 6) is 0.810. The Morgan fingerprint density at radius 3 is 1.57 bits per heavy atom. The molecule has 8 nitrogen and oxygen atoms in total. The summed E-state index contributed by atoms with van der Waals surface area (Å²) >= 11 is 0. The van der Waals surface area contributed by atoms with E-state index in [-0.39, 0.29) is 0 Å². The fraction of sp³-hybridized carbons (Fsp3) is 0.600. The van der Waals surface area contributed by atoms with Crippen molar-refractivity contribution in [1.82, 2.24) is 0 Å². The Hall–Kier alpha value is -1.66. The summed E-state index contributed by atoms with van der Waals surface area (Å²) in [7, 11) is -8.93. The normalized spacial score (nSPS) is 12.8. The van der Waals surface area contributed by atoms with Gasteiger partial charge >= 0.3 is 15.6 Å². The molecule has 2 aromatic rings. The summed E-state index contributed by atoms with van der Waals surface area (Å²) in [5.41, 5.74) is 2.31. The van der Waals surface area contributed by atoms with Gasteiger partial charge in [-0.2, -0.15) is 0 Å². The summed E-state index contributed by atoms with van der Waals surface area (Å²) in [6.07, 6.45) is 19.4. The first-order valence-corrected chi connectivity index (χ1v) is 17.8. The maximum Gasteiger partial charge on any atom is 0.584 e. The van der Waals surface area contributed by atoms with Crippen molar-refractivity contribution < 1.29 is 37.8 Å². The molecule has 0 bridgehead atoms. The molecule has 2 rings (SSSR count). The van der Waals surface area contributed by atoms with Crippen molar-refractivity contribution in [2.75, 3.05) is 0 Å². The van der Waals surface area contributed by atoms with Gasteiger partial charge in [0.05, 0.1) is 0 Å². The lowest BCUT2D eigenvalue weighted by Gasteiger charge is -2.19. The van der Waals surface area contributed by atoms with Gasteiger partial charge in [-0.15, -0.1) is 0 Å². The van der Waals surface area contributed by atoms with Crippen LogP contribution >= 0.6 is 15.6 Å². The van der Waals surface area contributed by atoms with Gasteiger partial charge in [-0.05, 0) is 55.0 Å². The Kier molecular flexibility index (Phi) is 19.2. The zero-order valence-electron chi connectivity index (χ0n) is 24.2. The van der Waals surface area contributed by atoms with Crippen molar-refractivity contribution in [3.05, 3.63) is 59.7 Å². The summed E-state index contributed by atoms with van der Waals surface area (Å²) < 4.78 is 32.6. The molecule has 0 aliphatic rings. The van der Waals surface area contributed by atoms with Crippen LogP contribution in [0.3, 0.4) is 0 Å². The first kappa shape index (κ1) is 36.4. The second-order valence-corrected chi connectivity index (χ2v) is 12.4. The van der Waals surface area contributed by atoms with Gasteiger partial charge in [0.15, 0.2) is 0 Å². The van der Waals surface area contributed by atoms with Gasteiger partial charge < -0.3 is 23.7 Å². The van der Waals surface area contributed by atoms with Crippen molar-refractivity contribution in [2.24, 2.45) is 0 Å². The van der Waals surface area contributed by atoms with E-state index in [1.807, 2.05) is 18.2 Å². The summed E-state index contributed by atoms with van der Waals surface area (Å²) in [4.78, 5) is 32.0. The molecule has 0 amide bonds. The fourth-order valence-electron chi connectivity index (χ4n) is 4.50. The van der Waals surface area contributed by atoms with Crippen LogP contribution in [0.2, 0.25) is 0 Å². The molecule has 0 aliphatic heterocycles. The molecule has 0 aliphatic carbocycles. The Labute approximate surface area is 241 Å². The number of rotatable bonds is 20. The molecule has 2 aromatic carbocycles. The molecule has 40 heavy (non-hydrogen) atoms. The minimum Gasteiger partial charge on any atom is -0.395 e. The molecular weight excluding hydrogens is 550 g/mol. The Bertz CT molecular complexity index is 1000. The van der Waals surface area contributed by atoms with Gasteiger partial charge in [-0.1, -0.05) is 121 Å². The lowest BCUT2D eigenvalue weighted by molar-refractivity contribution is 0.275. The molecular formula is C30H50O8P2. The van der Waals surface area contributed by atoms with Crippen LogP contribution in [0.25, 0.3) is 0 Å². The maximum absolute atomic E-state index is 12.8. The number of unbranched alkanes of at least 4 members (excludes halogenated alkanes) is 12. The van der Waals surface area contributed by atoms with Gasteiger partial charge in [0.2, 0.25) is 0 Å². The van der Waals surface area contributed by atoms with Gasteiger partial charge in [0.1, 0.15) is 11.5 Å². The maximum atomic E-state index is 12.8. The van der Waals surface area contributed by atoms with Crippen LogP contribution in [0.1, 0.15) is 115 Å². The average Bonchev–Trinajstić information content (AvgIpc) is 2.88. The predicted molar refractivity (Wildman–Crippen MR) is 162 cm³/mol. The molecule has 0 saturated heterocycles. The standard InChI is InChI=1S/C30H47O4P.H3O4P/c1-3-5-7-9-11-13-16-21-27-22-20-26-30(29(27)25-19-14-12-10-8-6-4-2)34-35(31,32)33-28-23-17-15-18-24-28;1-5(2,3)4/h15,17-18,20,22-24,26H,3-14,16,19,21,25H2,1-2H3,(H,31,32);(H3,1,2,3,4). The van der Waals surface area contributed by atoms with Crippen LogP contribution < -0.4 is 9.05 Å². The summed E-state index contributed by atoms with van der Waals surface area (Å²) in [5, 5.41) is 0. The quantitative estimate of drug-likeness (QED) is 0.0874. The number of aryl methyl sites for hydroxylation is 1. The number of phosphoric ester groups is 1. The van der Waals surface area contributed by atoms with Crippen molar-refractivity contribution in [3.63, 3.8) is 0 Å². The van der Waals surface area contributed by atoms with Crippen molar-refractivity contribution in [2.45, 2.75) is 117 Å². The van der Waals surface area contributed by atoms with Gasteiger partial charge in [0, 0.05) is 0 Å². The minimum absolute atomic E-state index is 0.325. The van der Waals surface area contributed by atoms with Crippen molar-refractivity contribution in [1.29, 1.82) is 0 Å². The molecule has 4 N–H and O–H groups in total. The highest BCUT2D eigenvalue weighted by Gasteiger charge is 2.27. The Morgan fingerprint density at radius 2 is 1.05 bits per heavy atom. The molecule has 0 radical (unpaired) electrons. The highest BCUT2D eigenvalue weighted by atomic mass is 31.2. The van der Waals surface area contributed by atoms with Gasteiger partial charge in [-0.3, -0.25) is 4.89 Å². The Balaban J connectivity index is 0.00000146. The monoisotopic (exact) mass is 600 g/mol. The van der Waals surface area contributed by atoms with Crippen LogP contribution in [0.5, 0.6) is 11.5 Å². The van der Waals surface area contributed by atoms with E-state index in [1.165, 1.54) is 82.6 Å². The zero-order valence-corrected chi connectivity index (χ0v) is 26.0. The molecule has 0 spiro atoms. The lowest BCUT2D eigenvalue weighted by atomic mass is 9.95. The van der Waals surface area contributed by atoms with E-state index < -0.39 is 15.6 Å². The molecule has 0 fully saturated rings. The summed E-state index contributed by atoms with van der Waals surface area (Å²) in [6, 6.07) is 14.6. The van der Waals surface area contributed by atoms with Crippen LogP contribution in [0.15, 0.2) is 48.5 Å². The van der Waals surface area contributed by atoms with Crippen LogP contribution in [0, 0.1) is 0 Å². The van der Waals surface area contributed by atoms with Gasteiger partial charge in [-0.25, -0.2) is 9.13 Å². The molecule has 1 unspecified atom stereocenters. The molecule has 0 aromatic heterocycles. The molecule has 0 saturated carbocycles. The Morgan fingerprint density at radius 1 is 0.575 bits per heavy atom. The van der Waals surface area contributed by atoms with E-state index >= 15 is 0 Å². The number of para-hydroxylation sites is 1. The van der Waals surface area contributed by atoms with E-state index in [2.05, 4.69) is 19.9 Å². The smallest absolute Gasteiger partial charge is 0.395 e. The lowest BCUT2D eigenvalue weighted by Crippen LogP contribution is -2.04. The average molecular weight is 601 g/mol. The summed E-state index contributed by atoms with van der Waals surface area (Å²) in [6.45, 7) is 4.49. The first-order chi connectivity index (χ1) is 19.1. The first-order valence-electron chi connectivity index (χ1n) is 14.7. The molecule has 1 atom stereocenters. The van der Waals surface area contributed by atoms with Crippen LogP contribution in [-0.4, -0.2) is 19.6 Å². The third kappa shape index (κ3) is 19.4. The number of hydrogen-bond acceptors (Lipinski definition) is 4. The topological polar surface area (TPSA) is 134 Å². The van der Waals surface area contributed by atoms with Crippen molar-refractivity contribution >= 4 is 15.6 Å². The van der Waals surface area contributed by atoms with Crippen LogP contribution in [-0.2, 0) is 22.0 Å². The van der Waals surface area contributed by atoms with E-state index in [1.54, 1.807) is 24.3 Å². The van der Waals surface area contributed by atoms with E-state index in [9.17, 15) is 9.46 Å². The largest absolute Gasteiger partial charge is 0.584 e. The van der Waals surface area contributed by atoms with E-state index in [4.69, 9.17) is 28.3 Å². The number of phosphoric acid groups is 2. The predicted octanol–water partition coefficient (Wildman–Crippen LogP) is 8.90. The zero-order chi connectivity index (χ0) is 29.7. The number of hydrogen-bond donors (Lipinski definition) is 4. The van der Waals surface area contributed by atoms with E-state index in [0.717, 1.165) is 31.2 Å². The molecule has 0 heterocycles. The molecule has 10 heteroatoms. The van der Waals surface area contributed by atoms with Crippen molar-refractivity contribution in [3.8, 4) is 11.5 Å². The highest BCUT2D eigenvalue weighted by molar-refractivity contribution is 7.48. The van der Waals surface area contributed by atoms with Crippen LogP contribution in [0.4, 0.5) is 0 Å². The SMILES string of the molecule is CCCCCCCCCc1cccc(OP(=O)(O)Oc2ccccc2)c1CCCCCCCCC.O=P(O)(O)O. The van der Waals surface area contributed by atoms with E-state index in [0.29, 0.717) is 11.5 Å². The second kappa shape index (κ2) is 21.1. The third-order valence-corrected chi connectivity index (χ3v) is 7.36. The minimum atomic E-state index is -4.64. The second-order valence-electron chi connectivity index (χ2n) is 10.1. The highest BCUT2D eigenvalue weighted by Crippen LogP contribution is 2.46. The fourth-order valence-corrected chi connectivity index (χ4v) is 5.35. The van der Waals surface area contributed by atoms with Gasteiger partial charge in [0.25, 0.3) is 0 Å². The third-order valence-electron chi connectivity index (χ3n) is 6.49. The number of benzene rings is 2.